The third-order valence-corrected chi connectivity index (χ3v) is 5.44. The number of methoxy groups -OCH3 is 1. The Balaban J connectivity index is 1.67. The molecule has 3 rings (SSSR count). The maximum Gasteiger partial charge on any atom is 0.238 e. The lowest BCUT2D eigenvalue weighted by atomic mass is 10.2. The molecule has 10 heteroatoms. The van der Waals surface area contributed by atoms with Crippen LogP contribution in [0.3, 0.4) is 0 Å². The van der Waals surface area contributed by atoms with Gasteiger partial charge in [0.2, 0.25) is 11.8 Å². The Morgan fingerprint density at radius 2 is 2.14 bits per heavy atom. The average molecular weight is 451 g/mol. The Morgan fingerprint density at radius 1 is 1.31 bits per heavy atom. The number of hydrogen-bond donors (Lipinski definition) is 2. The Labute approximate surface area is 181 Å². The molecule has 7 nitrogen and oxygen atoms in total. The van der Waals surface area contributed by atoms with Crippen LogP contribution in [0.1, 0.15) is 12.0 Å². The minimum atomic E-state index is -0.636. The summed E-state index contributed by atoms with van der Waals surface area (Å²) >= 11 is 13.1. The number of hydrogen-bond acceptors (Lipinski definition) is 6. The average Bonchev–Trinajstić information content (AvgIpc) is 2.69. The fourth-order valence-corrected chi connectivity index (χ4v) is 3.81. The van der Waals surface area contributed by atoms with Crippen LogP contribution < -0.4 is 15.4 Å². The standard InChI is InChI=1S/C19H16Cl2N4O3S/c1-28-14-4-2-3-13(8-14)23-18(27)16-9-17(26)24-19(29-16)25-22-10-11-5-6-12(20)7-15(11)21/h2-8,10,16H,9H2,1H3,(H,23,27)(H,24,25,26)/b22-10-/t16-/m0/s1. The van der Waals surface area contributed by atoms with Gasteiger partial charge < -0.3 is 15.4 Å². The Hall–Kier alpha value is -2.55. The van der Waals surface area contributed by atoms with Crippen LogP contribution in [0.5, 0.6) is 5.75 Å². The zero-order valence-electron chi connectivity index (χ0n) is 15.2. The second-order valence-electron chi connectivity index (χ2n) is 5.90. The zero-order valence-corrected chi connectivity index (χ0v) is 17.5. The van der Waals surface area contributed by atoms with Gasteiger partial charge >= 0.3 is 0 Å². The van der Waals surface area contributed by atoms with Crippen LogP contribution in [0.25, 0.3) is 0 Å². The van der Waals surface area contributed by atoms with Crippen molar-refractivity contribution in [3.8, 4) is 5.75 Å². The number of nitrogens with zero attached hydrogens (tertiary/aromatic N) is 2. The van der Waals surface area contributed by atoms with E-state index < -0.39 is 5.25 Å². The molecule has 0 spiro atoms. The highest BCUT2D eigenvalue weighted by Crippen LogP contribution is 2.24. The molecule has 2 aromatic carbocycles. The van der Waals surface area contributed by atoms with E-state index in [0.29, 0.717) is 27.0 Å². The van der Waals surface area contributed by atoms with Crippen molar-refractivity contribution in [2.75, 3.05) is 12.4 Å². The van der Waals surface area contributed by atoms with Gasteiger partial charge in [0.1, 0.15) is 11.0 Å². The number of benzene rings is 2. The van der Waals surface area contributed by atoms with E-state index in [1.807, 2.05) is 0 Å². The lowest BCUT2D eigenvalue weighted by Crippen LogP contribution is -2.41. The van der Waals surface area contributed by atoms with Crippen molar-refractivity contribution < 1.29 is 14.3 Å². The predicted octanol–water partition coefficient (Wildman–Crippen LogP) is 3.95. The first-order chi connectivity index (χ1) is 13.9. The van der Waals surface area contributed by atoms with E-state index in [4.69, 9.17) is 27.9 Å². The predicted molar refractivity (Wildman–Crippen MR) is 117 cm³/mol. The molecule has 150 valence electrons. The molecule has 1 heterocycles. The minimum Gasteiger partial charge on any atom is -0.497 e. The molecular formula is C19H16Cl2N4O3S. The number of rotatable bonds is 5. The van der Waals surface area contributed by atoms with Crippen LogP contribution in [-0.4, -0.2) is 35.6 Å². The number of carbonyl (C=O) groups is 2. The number of thioether (sulfide) groups is 1. The van der Waals surface area contributed by atoms with E-state index in [2.05, 4.69) is 20.8 Å². The highest BCUT2D eigenvalue weighted by atomic mass is 35.5. The van der Waals surface area contributed by atoms with Crippen LogP contribution in [0.2, 0.25) is 10.0 Å². The molecule has 2 aromatic rings. The number of amidine groups is 1. The summed E-state index contributed by atoms with van der Waals surface area (Å²) in [6.45, 7) is 0. The maximum atomic E-state index is 12.6. The first kappa shape index (κ1) is 21.2. The summed E-state index contributed by atoms with van der Waals surface area (Å²) in [5.74, 6) is -0.00200. The lowest BCUT2D eigenvalue weighted by molar-refractivity contribution is -0.123. The minimum absolute atomic E-state index is 0.0339. The van der Waals surface area contributed by atoms with Crippen molar-refractivity contribution >= 4 is 63.8 Å². The molecular weight excluding hydrogens is 435 g/mol. The SMILES string of the molecule is COc1cccc(NC(=O)[C@@H]2CC(=O)NC(=N/N=C\c3ccc(Cl)cc3Cl)S2)c1. The van der Waals surface area contributed by atoms with Crippen molar-refractivity contribution in [3.05, 3.63) is 58.1 Å². The van der Waals surface area contributed by atoms with Gasteiger partial charge in [0.05, 0.1) is 18.3 Å². The molecule has 1 atom stereocenters. The lowest BCUT2D eigenvalue weighted by Gasteiger charge is -2.21. The molecule has 0 saturated carbocycles. The van der Waals surface area contributed by atoms with Gasteiger partial charge in [-0.1, -0.05) is 47.1 Å². The van der Waals surface area contributed by atoms with Gasteiger partial charge in [-0.3, -0.25) is 9.59 Å². The summed E-state index contributed by atoms with van der Waals surface area (Å²) in [5.41, 5.74) is 1.20. The van der Waals surface area contributed by atoms with E-state index in [-0.39, 0.29) is 23.4 Å². The van der Waals surface area contributed by atoms with Crippen molar-refractivity contribution in [3.63, 3.8) is 0 Å². The highest BCUT2D eigenvalue weighted by Gasteiger charge is 2.30. The molecule has 2 amide bonds. The topological polar surface area (TPSA) is 92.1 Å². The third-order valence-electron chi connectivity index (χ3n) is 3.81. The molecule has 2 N–H and O–H groups in total. The summed E-state index contributed by atoms with van der Waals surface area (Å²) in [5, 5.41) is 13.8. The first-order valence-corrected chi connectivity index (χ1v) is 10.1. The van der Waals surface area contributed by atoms with Crippen molar-refractivity contribution in [2.24, 2.45) is 10.2 Å². The van der Waals surface area contributed by atoms with Gasteiger partial charge in [0, 0.05) is 28.8 Å². The molecule has 0 radical (unpaired) electrons. The van der Waals surface area contributed by atoms with Crippen molar-refractivity contribution in [2.45, 2.75) is 11.7 Å². The second kappa shape index (κ2) is 9.78. The summed E-state index contributed by atoms with van der Waals surface area (Å²) in [6, 6.07) is 11.9. The number of halogens is 2. The smallest absolute Gasteiger partial charge is 0.238 e. The third kappa shape index (κ3) is 5.96. The molecule has 0 unspecified atom stereocenters. The molecule has 29 heavy (non-hydrogen) atoms. The molecule has 1 aliphatic rings. The Morgan fingerprint density at radius 3 is 2.90 bits per heavy atom. The van der Waals surface area contributed by atoms with Crippen LogP contribution in [-0.2, 0) is 9.59 Å². The van der Waals surface area contributed by atoms with Gasteiger partial charge in [0.15, 0.2) is 5.17 Å². The summed E-state index contributed by atoms with van der Waals surface area (Å²) in [6.07, 6.45) is 1.48. The molecule has 0 aromatic heterocycles. The van der Waals surface area contributed by atoms with E-state index in [1.165, 1.54) is 6.21 Å². The maximum absolute atomic E-state index is 12.6. The Kier molecular flexibility index (Phi) is 7.13. The molecule has 0 bridgehead atoms. The number of nitrogens with one attached hydrogen (secondary N) is 2. The normalized spacial score (nSPS) is 18.0. The number of anilines is 1. The Bertz CT molecular complexity index is 997. The quantitative estimate of drug-likeness (QED) is 0.532. The van der Waals surface area contributed by atoms with Crippen molar-refractivity contribution in [1.29, 1.82) is 0 Å². The fraction of sp³-hybridized carbons (Fsp3) is 0.158. The summed E-state index contributed by atoms with van der Waals surface area (Å²) in [4.78, 5) is 24.5. The van der Waals surface area contributed by atoms with Gasteiger partial charge in [-0.2, -0.15) is 5.10 Å². The molecule has 1 aliphatic heterocycles. The number of amides is 2. The summed E-state index contributed by atoms with van der Waals surface area (Å²) in [7, 11) is 1.54. The highest BCUT2D eigenvalue weighted by molar-refractivity contribution is 8.15. The molecule has 1 fully saturated rings. The van der Waals surface area contributed by atoms with Gasteiger partial charge in [0.25, 0.3) is 0 Å². The zero-order chi connectivity index (χ0) is 20.8. The second-order valence-corrected chi connectivity index (χ2v) is 7.93. The number of ether oxygens (including phenoxy) is 1. The largest absolute Gasteiger partial charge is 0.497 e. The molecule has 0 aliphatic carbocycles. The van der Waals surface area contributed by atoms with Crippen LogP contribution in [0.4, 0.5) is 5.69 Å². The van der Waals surface area contributed by atoms with Gasteiger partial charge in [-0.25, -0.2) is 0 Å². The molecule has 1 saturated heterocycles. The monoisotopic (exact) mass is 450 g/mol. The summed E-state index contributed by atoms with van der Waals surface area (Å²) < 4.78 is 5.14. The van der Waals surface area contributed by atoms with E-state index >= 15 is 0 Å². The van der Waals surface area contributed by atoms with Crippen LogP contribution >= 0.6 is 35.0 Å². The van der Waals surface area contributed by atoms with Gasteiger partial charge in [-0.15, -0.1) is 5.10 Å². The van der Waals surface area contributed by atoms with E-state index in [0.717, 1.165) is 11.8 Å². The van der Waals surface area contributed by atoms with Crippen LogP contribution in [0.15, 0.2) is 52.7 Å². The van der Waals surface area contributed by atoms with Crippen molar-refractivity contribution in [1.82, 2.24) is 5.32 Å². The fourth-order valence-electron chi connectivity index (χ4n) is 2.41. The van der Waals surface area contributed by atoms with Crippen LogP contribution in [0, 0.1) is 0 Å². The van der Waals surface area contributed by atoms with Gasteiger partial charge in [-0.05, 0) is 24.3 Å². The van der Waals surface area contributed by atoms with E-state index in [9.17, 15) is 9.59 Å². The number of carbonyl (C=O) groups excluding carboxylic acids is 2. The first-order valence-electron chi connectivity index (χ1n) is 8.42. The van der Waals surface area contributed by atoms with E-state index in [1.54, 1.807) is 49.6 Å².